The highest BCUT2D eigenvalue weighted by Crippen LogP contribution is 2.35. The topological polar surface area (TPSA) is 124 Å². The summed E-state index contributed by atoms with van der Waals surface area (Å²) in [4.78, 5) is 8.65. The van der Waals surface area contributed by atoms with Crippen molar-refractivity contribution in [3.8, 4) is 0 Å². The molecule has 30 heavy (non-hydrogen) atoms. The molecule has 2 aromatic rings. The number of halogens is 1. The lowest BCUT2D eigenvalue weighted by Crippen LogP contribution is -2.45. The van der Waals surface area contributed by atoms with E-state index in [1.54, 1.807) is 17.1 Å². The van der Waals surface area contributed by atoms with Crippen molar-refractivity contribution >= 4 is 39.1 Å². The Bertz CT molecular complexity index is 1050. The van der Waals surface area contributed by atoms with Crippen LogP contribution in [0.3, 0.4) is 0 Å². The van der Waals surface area contributed by atoms with E-state index in [9.17, 15) is 8.42 Å². The number of nitrogens with zero attached hydrogens (tertiary/aromatic N) is 5. The minimum absolute atomic E-state index is 0.186. The van der Waals surface area contributed by atoms with Crippen molar-refractivity contribution in [3.63, 3.8) is 0 Å². The molecule has 4 atom stereocenters. The van der Waals surface area contributed by atoms with Crippen LogP contribution in [0.1, 0.15) is 6.42 Å². The number of rotatable bonds is 5. The second kappa shape index (κ2) is 7.61. The molecule has 0 radical (unpaired) electrons. The third-order valence-electron chi connectivity index (χ3n) is 5.56. The van der Waals surface area contributed by atoms with Gasteiger partial charge in [0.1, 0.15) is 17.2 Å². The molecule has 0 aromatic carbocycles. The molecule has 0 bridgehead atoms. The van der Waals surface area contributed by atoms with Crippen LogP contribution >= 0.6 is 11.6 Å². The Kier molecular flexibility index (Phi) is 5.06. The van der Waals surface area contributed by atoms with E-state index in [-0.39, 0.29) is 30.0 Å². The molecule has 13 heteroatoms. The van der Waals surface area contributed by atoms with Gasteiger partial charge in [0.05, 0.1) is 49.1 Å². The molecule has 0 aliphatic carbocycles. The highest BCUT2D eigenvalue weighted by Gasteiger charge is 2.52. The van der Waals surface area contributed by atoms with Gasteiger partial charge in [0.25, 0.3) is 0 Å². The predicted molar refractivity (Wildman–Crippen MR) is 109 cm³/mol. The summed E-state index contributed by atoms with van der Waals surface area (Å²) in [7, 11) is -1.41. The van der Waals surface area contributed by atoms with Gasteiger partial charge < -0.3 is 20.1 Å². The van der Waals surface area contributed by atoms with Gasteiger partial charge in [-0.2, -0.15) is 14.4 Å². The molecule has 0 amide bonds. The Labute approximate surface area is 178 Å². The first-order valence-corrected chi connectivity index (χ1v) is 11.7. The molecule has 3 aliphatic rings. The van der Waals surface area contributed by atoms with Gasteiger partial charge in [0.15, 0.2) is 5.82 Å². The largest absolute Gasteiger partial charge is 0.371 e. The molecule has 5 heterocycles. The van der Waals surface area contributed by atoms with Gasteiger partial charge in [0, 0.05) is 19.8 Å². The van der Waals surface area contributed by atoms with E-state index in [0.29, 0.717) is 43.0 Å². The van der Waals surface area contributed by atoms with Crippen molar-refractivity contribution in [1.29, 1.82) is 0 Å². The maximum Gasteiger partial charge on any atom is 0.229 e. The maximum atomic E-state index is 12.3. The van der Waals surface area contributed by atoms with Crippen molar-refractivity contribution < 1.29 is 17.9 Å². The van der Waals surface area contributed by atoms with Gasteiger partial charge in [-0.1, -0.05) is 11.6 Å². The van der Waals surface area contributed by atoms with Crippen LogP contribution in [0, 0.1) is 0 Å². The van der Waals surface area contributed by atoms with Crippen molar-refractivity contribution in [2.45, 2.75) is 30.7 Å². The second-order valence-electron chi connectivity index (χ2n) is 7.61. The lowest BCUT2D eigenvalue weighted by molar-refractivity contribution is 0.0600. The average molecular weight is 456 g/mol. The molecule has 3 saturated heterocycles. The summed E-state index contributed by atoms with van der Waals surface area (Å²) in [5.74, 6) is 1.01. The van der Waals surface area contributed by atoms with E-state index in [1.165, 1.54) is 10.5 Å². The van der Waals surface area contributed by atoms with Crippen LogP contribution in [0.15, 0.2) is 18.6 Å². The van der Waals surface area contributed by atoms with Crippen LogP contribution in [0.5, 0.6) is 0 Å². The molecular formula is C17H22ClN7O4S. The van der Waals surface area contributed by atoms with E-state index in [0.717, 1.165) is 5.69 Å². The number of anilines is 3. The summed E-state index contributed by atoms with van der Waals surface area (Å²) >= 11 is 6.29. The number of sulfonamides is 1. The van der Waals surface area contributed by atoms with E-state index in [2.05, 4.69) is 25.7 Å². The van der Waals surface area contributed by atoms with Crippen LogP contribution < -0.4 is 10.6 Å². The molecular weight excluding hydrogens is 434 g/mol. The van der Waals surface area contributed by atoms with Crippen LogP contribution in [-0.2, 0) is 26.5 Å². The van der Waals surface area contributed by atoms with E-state index in [1.807, 2.05) is 7.05 Å². The molecule has 5 rings (SSSR count). The number of ether oxygens (including phenoxy) is 2. The summed E-state index contributed by atoms with van der Waals surface area (Å²) in [6, 6.07) is -0.498. The molecule has 3 aliphatic heterocycles. The van der Waals surface area contributed by atoms with Gasteiger partial charge in [-0.15, -0.1) is 0 Å². The zero-order valence-corrected chi connectivity index (χ0v) is 17.8. The Morgan fingerprint density at radius 2 is 2.07 bits per heavy atom. The first kappa shape index (κ1) is 19.9. The normalized spacial score (nSPS) is 30.5. The third kappa shape index (κ3) is 3.62. The Balaban J connectivity index is 1.29. The van der Waals surface area contributed by atoms with Gasteiger partial charge in [0.2, 0.25) is 16.0 Å². The summed E-state index contributed by atoms with van der Waals surface area (Å²) in [6.07, 6.45) is 5.02. The van der Waals surface area contributed by atoms with Crippen LogP contribution in [0.4, 0.5) is 17.5 Å². The van der Waals surface area contributed by atoms with Crippen molar-refractivity contribution in [1.82, 2.24) is 24.1 Å². The maximum absolute atomic E-state index is 12.3. The fourth-order valence-electron chi connectivity index (χ4n) is 4.20. The van der Waals surface area contributed by atoms with Gasteiger partial charge in [-0.25, -0.2) is 13.4 Å². The summed E-state index contributed by atoms with van der Waals surface area (Å²) in [6.45, 7) is 1.20. The molecule has 11 nitrogen and oxygen atoms in total. The number of fused-ring (bicyclic) bond motifs is 1. The highest BCUT2D eigenvalue weighted by atomic mass is 35.5. The SMILES string of the molecule is Cn1cc(Nc2ncc(Cl)c(N[C@@H]3COC4C3OCC4N3CCCS3(=O)=O)n2)cn1. The number of nitrogens with one attached hydrogen (secondary N) is 2. The van der Waals surface area contributed by atoms with Crippen molar-refractivity contribution in [2.75, 3.05) is 36.1 Å². The Morgan fingerprint density at radius 3 is 2.80 bits per heavy atom. The smallest absolute Gasteiger partial charge is 0.229 e. The molecule has 2 N–H and O–H groups in total. The zero-order valence-electron chi connectivity index (χ0n) is 16.2. The molecule has 3 unspecified atom stereocenters. The van der Waals surface area contributed by atoms with E-state index < -0.39 is 10.0 Å². The predicted octanol–water partition coefficient (Wildman–Crippen LogP) is 0.589. The summed E-state index contributed by atoms with van der Waals surface area (Å²) in [5, 5.41) is 10.8. The van der Waals surface area contributed by atoms with E-state index in [4.69, 9.17) is 21.1 Å². The monoisotopic (exact) mass is 455 g/mol. The van der Waals surface area contributed by atoms with Crippen LogP contribution in [-0.4, -0.2) is 82.3 Å². The summed E-state index contributed by atoms with van der Waals surface area (Å²) < 4.78 is 39.7. The Morgan fingerprint density at radius 1 is 1.23 bits per heavy atom. The third-order valence-corrected chi connectivity index (χ3v) is 7.81. The molecule has 0 spiro atoms. The average Bonchev–Trinajstić information content (AvgIpc) is 3.45. The zero-order chi connectivity index (χ0) is 20.9. The van der Waals surface area contributed by atoms with Gasteiger partial charge in [-0.3, -0.25) is 4.68 Å². The molecule has 162 valence electrons. The lowest BCUT2D eigenvalue weighted by Gasteiger charge is -2.25. The van der Waals surface area contributed by atoms with Gasteiger partial charge >= 0.3 is 0 Å². The van der Waals surface area contributed by atoms with Crippen LogP contribution in [0.2, 0.25) is 5.02 Å². The van der Waals surface area contributed by atoms with Crippen molar-refractivity contribution in [2.24, 2.45) is 7.05 Å². The summed E-state index contributed by atoms with van der Waals surface area (Å²) in [5.41, 5.74) is 0.754. The van der Waals surface area contributed by atoms with Gasteiger partial charge in [-0.05, 0) is 6.42 Å². The van der Waals surface area contributed by atoms with E-state index >= 15 is 0 Å². The van der Waals surface area contributed by atoms with Crippen LogP contribution in [0.25, 0.3) is 0 Å². The first-order chi connectivity index (χ1) is 14.4. The Hall–Kier alpha value is -1.99. The second-order valence-corrected chi connectivity index (χ2v) is 10.1. The quantitative estimate of drug-likeness (QED) is 0.666. The number of aryl methyl sites for hydroxylation is 1. The highest BCUT2D eigenvalue weighted by molar-refractivity contribution is 7.89. The molecule has 2 aromatic heterocycles. The first-order valence-electron chi connectivity index (χ1n) is 9.68. The minimum atomic E-state index is -3.23. The minimum Gasteiger partial charge on any atom is -0.371 e. The standard InChI is InChI=1S/C17H22ClN7O4S/c1-24-7-10(5-20-24)21-17-19-6-11(18)16(23-17)22-12-8-28-15-13(9-29-14(12)15)25-3-2-4-30(25,26)27/h5-7,12-15H,2-4,8-9H2,1H3,(H2,19,21,22,23)/t12-,13?,14?,15?/m1/s1. The molecule has 3 fully saturated rings. The number of hydrogen-bond donors (Lipinski definition) is 2. The molecule has 0 saturated carbocycles. The lowest BCUT2D eigenvalue weighted by atomic mass is 10.1. The van der Waals surface area contributed by atoms with Crippen molar-refractivity contribution in [3.05, 3.63) is 23.6 Å². The number of aromatic nitrogens is 4. The fourth-order valence-corrected chi connectivity index (χ4v) is 6.07. The number of hydrogen-bond acceptors (Lipinski definition) is 9. The fraction of sp³-hybridized carbons (Fsp3) is 0.588.